The van der Waals surface area contributed by atoms with Gasteiger partial charge in [-0.1, -0.05) is 35.1 Å². The van der Waals surface area contributed by atoms with E-state index in [4.69, 9.17) is 11.6 Å². The summed E-state index contributed by atoms with van der Waals surface area (Å²) in [6.07, 6.45) is 0. The molecule has 25 heavy (non-hydrogen) atoms. The third-order valence-electron chi connectivity index (χ3n) is 3.18. The Morgan fingerprint density at radius 3 is 2.60 bits per heavy atom. The highest BCUT2D eigenvalue weighted by molar-refractivity contribution is 8.02. The highest BCUT2D eigenvalue weighted by atomic mass is 35.5. The number of para-hydroxylation sites is 1. The maximum Gasteiger partial charge on any atom is 0.257 e. The molecule has 4 aromatic rings. The standard InChI is InChI=1S/C16H9ClN4OS3/c17-10-7-5-9(6-8-10)13(22)19-14-20-21-16(24-14)25-15-18-11-3-1-2-4-12(11)23-15/h1-8H,(H,19,20,22). The first-order chi connectivity index (χ1) is 12.2. The van der Waals surface area contributed by atoms with Crippen molar-refractivity contribution in [3.05, 3.63) is 59.1 Å². The van der Waals surface area contributed by atoms with E-state index in [1.807, 2.05) is 24.3 Å². The number of hydrogen-bond donors (Lipinski definition) is 1. The van der Waals surface area contributed by atoms with Gasteiger partial charge in [-0.15, -0.1) is 21.5 Å². The number of anilines is 1. The molecular weight excluding hydrogens is 396 g/mol. The van der Waals surface area contributed by atoms with Gasteiger partial charge in [-0.3, -0.25) is 10.1 Å². The lowest BCUT2D eigenvalue weighted by Crippen LogP contribution is -2.11. The van der Waals surface area contributed by atoms with Gasteiger partial charge in [0, 0.05) is 10.6 Å². The number of carbonyl (C=O) groups is 1. The lowest BCUT2D eigenvalue weighted by atomic mass is 10.2. The molecule has 0 bridgehead atoms. The van der Waals surface area contributed by atoms with E-state index in [-0.39, 0.29) is 5.91 Å². The van der Waals surface area contributed by atoms with Gasteiger partial charge in [0.2, 0.25) is 5.13 Å². The van der Waals surface area contributed by atoms with Crippen LogP contribution in [-0.4, -0.2) is 21.1 Å². The third-order valence-corrected chi connectivity index (χ3v) is 6.42. The number of nitrogens with zero attached hydrogens (tertiary/aromatic N) is 3. The summed E-state index contributed by atoms with van der Waals surface area (Å²) in [5.74, 6) is -0.246. The molecule has 0 unspecified atom stereocenters. The van der Waals surface area contributed by atoms with Crippen LogP contribution in [0.15, 0.2) is 57.2 Å². The molecule has 0 aliphatic rings. The summed E-state index contributed by atoms with van der Waals surface area (Å²) in [5, 5.41) is 11.9. The van der Waals surface area contributed by atoms with Crippen molar-refractivity contribution in [3.8, 4) is 0 Å². The molecule has 0 spiro atoms. The fourth-order valence-electron chi connectivity index (χ4n) is 2.04. The summed E-state index contributed by atoms with van der Waals surface area (Å²) in [5.41, 5.74) is 1.48. The van der Waals surface area contributed by atoms with Crippen molar-refractivity contribution < 1.29 is 4.79 Å². The summed E-state index contributed by atoms with van der Waals surface area (Å²) in [6.45, 7) is 0. The van der Waals surface area contributed by atoms with E-state index >= 15 is 0 Å². The Labute approximate surface area is 160 Å². The first-order valence-electron chi connectivity index (χ1n) is 7.11. The van der Waals surface area contributed by atoms with Crippen molar-refractivity contribution >= 4 is 67.3 Å². The molecule has 2 aromatic carbocycles. The molecular formula is C16H9ClN4OS3. The van der Waals surface area contributed by atoms with E-state index in [0.29, 0.717) is 15.7 Å². The minimum absolute atomic E-state index is 0.246. The third kappa shape index (κ3) is 3.82. The first kappa shape index (κ1) is 16.5. The van der Waals surface area contributed by atoms with Crippen LogP contribution in [0.5, 0.6) is 0 Å². The largest absolute Gasteiger partial charge is 0.296 e. The van der Waals surface area contributed by atoms with Crippen LogP contribution in [-0.2, 0) is 0 Å². The first-order valence-corrected chi connectivity index (χ1v) is 9.94. The van der Waals surface area contributed by atoms with Crippen molar-refractivity contribution in [1.29, 1.82) is 0 Å². The highest BCUT2D eigenvalue weighted by Crippen LogP contribution is 2.36. The molecule has 124 valence electrons. The van der Waals surface area contributed by atoms with Crippen LogP contribution in [0.25, 0.3) is 10.2 Å². The Bertz CT molecular complexity index is 1010. The number of rotatable bonds is 4. The zero-order valence-electron chi connectivity index (χ0n) is 12.5. The van der Waals surface area contributed by atoms with Gasteiger partial charge in [-0.05, 0) is 48.2 Å². The van der Waals surface area contributed by atoms with Crippen molar-refractivity contribution in [1.82, 2.24) is 15.2 Å². The Morgan fingerprint density at radius 2 is 1.80 bits per heavy atom. The van der Waals surface area contributed by atoms with Gasteiger partial charge in [0.05, 0.1) is 10.2 Å². The molecule has 1 N–H and O–H groups in total. The number of thiazole rings is 1. The molecule has 0 aliphatic carbocycles. The zero-order valence-corrected chi connectivity index (χ0v) is 15.7. The Balaban J connectivity index is 1.46. The van der Waals surface area contributed by atoms with Crippen LogP contribution in [0, 0.1) is 0 Å². The molecule has 4 rings (SSSR count). The molecule has 0 fully saturated rings. The second-order valence-corrected chi connectivity index (χ2v) is 8.82. The molecule has 1 amide bonds. The lowest BCUT2D eigenvalue weighted by molar-refractivity contribution is 0.102. The van der Waals surface area contributed by atoms with Crippen LogP contribution in [0.4, 0.5) is 5.13 Å². The molecule has 0 radical (unpaired) electrons. The maximum absolute atomic E-state index is 12.2. The molecule has 0 saturated heterocycles. The molecule has 0 saturated carbocycles. The number of nitrogens with one attached hydrogen (secondary N) is 1. The Kier molecular flexibility index (Phi) is 4.67. The van der Waals surface area contributed by atoms with Gasteiger partial charge >= 0.3 is 0 Å². The van der Waals surface area contributed by atoms with E-state index in [0.717, 1.165) is 18.9 Å². The van der Waals surface area contributed by atoms with Crippen LogP contribution in [0.1, 0.15) is 10.4 Å². The van der Waals surface area contributed by atoms with Crippen LogP contribution >= 0.6 is 46.0 Å². The van der Waals surface area contributed by atoms with E-state index in [1.54, 1.807) is 35.6 Å². The fraction of sp³-hybridized carbons (Fsp3) is 0. The monoisotopic (exact) mass is 404 g/mol. The number of aromatic nitrogens is 3. The summed E-state index contributed by atoms with van der Waals surface area (Å²) in [7, 11) is 0. The molecule has 2 aromatic heterocycles. The average molecular weight is 405 g/mol. The summed E-state index contributed by atoms with van der Waals surface area (Å²) >= 11 is 10.2. The maximum atomic E-state index is 12.2. The zero-order chi connectivity index (χ0) is 17.2. The highest BCUT2D eigenvalue weighted by Gasteiger charge is 2.13. The number of hydrogen-bond acceptors (Lipinski definition) is 7. The van der Waals surface area contributed by atoms with Gasteiger partial charge < -0.3 is 0 Å². The van der Waals surface area contributed by atoms with Gasteiger partial charge in [0.25, 0.3) is 5.91 Å². The van der Waals surface area contributed by atoms with Crippen molar-refractivity contribution in [2.75, 3.05) is 5.32 Å². The number of carbonyl (C=O) groups excluding carboxylic acids is 1. The lowest BCUT2D eigenvalue weighted by Gasteiger charge is -2.00. The topological polar surface area (TPSA) is 67.8 Å². The van der Waals surface area contributed by atoms with Crippen LogP contribution < -0.4 is 5.32 Å². The van der Waals surface area contributed by atoms with Crippen molar-refractivity contribution in [2.24, 2.45) is 0 Å². The van der Waals surface area contributed by atoms with Gasteiger partial charge in [0.15, 0.2) is 8.68 Å². The predicted molar refractivity (Wildman–Crippen MR) is 103 cm³/mol. The number of halogens is 1. The summed E-state index contributed by atoms with van der Waals surface area (Å²) in [6, 6.07) is 14.6. The van der Waals surface area contributed by atoms with Gasteiger partial charge in [-0.25, -0.2) is 4.98 Å². The van der Waals surface area contributed by atoms with E-state index < -0.39 is 0 Å². The van der Waals surface area contributed by atoms with Crippen molar-refractivity contribution in [2.45, 2.75) is 8.68 Å². The second-order valence-electron chi connectivity index (χ2n) is 4.88. The van der Waals surface area contributed by atoms with Gasteiger partial charge in [-0.2, -0.15) is 0 Å². The summed E-state index contributed by atoms with van der Waals surface area (Å²) in [4.78, 5) is 16.7. The second kappa shape index (κ2) is 7.09. The number of fused-ring (bicyclic) bond motifs is 1. The van der Waals surface area contributed by atoms with E-state index in [2.05, 4.69) is 20.5 Å². The average Bonchev–Trinajstić information content (AvgIpc) is 3.21. The SMILES string of the molecule is O=C(Nc1nnc(Sc2nc3ccccc3s2)s1)c1ccc(Cl)cc1. The quantitative estimate of drug-likeness (QED) is 0.473. The minimum atomic E-state index is -0.246. The number of amides is 1. The minimum Gasteiger partial charge on any atom is -0.296 e. The molecule has 9 heteroatoms. The predicted octanol–water partition coefficient (Wildman–Crippen LogP) is 5.20. The molecule has 5 nitrogen and oxygen atoms in total. The Hall–Kier alpha value is -2.00. The smallest absolute Gasteiger partial charge is 0.257 e. The van der Waals surface area contributed by atoms with Gasteiger partial charge in [0.1, 0.15) is 0 Å². The van der Waals surface area contributed by atoms with Crippen molar-refractivity contribution in [3.63, 3.8) is 0 Å². The summed E-state index contributed by atoms with van der Waals surface area (Å²) < 4.78 is 2.75. The molecule has 0 atom stereocenters. The normalized spacial score (nSPS) is 10.9. The van der Waals surface area contributed by atoms with Crippen LogP contribution in [0.2, 0.25) is 5.02 Å². The molecule has 2 heterocycles. The van der Waals surface area contributed by atoms with E-state index in [9.17, 15) is 4.79 Å². The van der Waals surface area contributed by atoms with Crippen LogP contribution in [0.3, 0.4) is 0 Å². The Morgan fingerprint density at radius 1 is 1.00 bits per heavy atom. The van der Waals surface area contributed by atoms with E-state index in [1.165, 1.54) is 23.1 Å². The molecule has 0 aliphatic heterocycles. The fourth-order valence-corrected chi connectivity index (χ4v) is 5.18. The number of benzene rings is 2.